The molecule has 6 nitrogen and oxygen atoms in total. The Morgan fingerprint density at radius 3 is 2.68 bits per heavy atom. The average Bonchev–Trinajstić information content (AvgIpc) is 3.37. The van der Waals surface area contributed by atoms with Crippen LogP contribution in [0.15, 0.2) is 65.2 Å². The van der Waals surface area contributed by atoms with Gasteiger partial charge in [-0.3, -0.25) is 0 Å². The number of nitrogens with one attached hydrogen (secondary N) is 2. The van der Waals surface area contributed by atoms with Gasteiger partial charge in [0.2, 0.25) is 0 Å². The monoisotopic (exact) mass is 511 g/mol. The molecule has 2 aromatic heterocycles. The van der Waals surface area contributed by atoms with Crippen molar-refractivity contribution in [3.63, 3.8) is 0 Å². The van der Waals surface area contributed by atoms with E-state index in [1.54, 1.807) is 18.3 Å². The number of rotatable bonds is 7. The van der Waals surface area contributed by atoms with Crippen molar-refractivity contribution in [2.75, 3.05) is 13.1 Å². The van der Waals surface area contributed by atoms with Crippen molar-refractivity contribution < 1.29 is 5.11 Å². The van der Waals surface area contributed by atoms with E-state index >= 15 is 0 Å². The molecule has 150 valence electrons. The summed E-state index contributed by atoms with van der Waals surface area (Å²) in [7, 11) is 0. The number of aliphatic imine (C=N–C) groups is 1. The van der Waals surface area contributed by atoms with Crippen molar-refractivity contribution in [1.82, 2.24) is 20.4 Å². The maximum absolute atomic E-state index is 10.7. The summed E-state index contributed by atoms with van der Waals surface area (Å²) in [5.41, 5.74) is 1.09. The lowest BCUT2D eigenvalue weighted by molar-refractivity contribution is 0.0655. The second-order valence-electron chi connectivity index (χ2n) is 6.43. The van der Waals surface area contributed by atoms with Gasteiger partial charge in [-0.15, -0.1) is 35.3 Å². The minimum atomic E-state index is -0.942. The van der Waals surface area contributed by atoms with Gasteiger partial charge in [0.05, 0.1) is 25.0 Å². The second kappa shape index (κ2) is 10.6. The van der Waals surface area contributed by atoms with Crippen LogP contribution in [0.3, 0.4) is 0 Å². The van der Waals surface area contributed by atoms with E-state index in [4.69, 9.17) is 0 Å². The van der Waals surface area contributed by atoms with Crippen LogP contribution in [0.5, 0.6) is 0 Å². The number of aliphatic hydroxyl groups is 1. The van der Waals surface area contributed by atoms with E-state index in [0.29, 0.717) is 19.0 Å². The van der Waals surface area contributed by atoms with Crippen molar-refractivity contribution in [2.45, 2.75) is 26.0 Å². The minimum absolute atomic E-state index is 0. The van der Waals surface area contributed by atoms with Gasteiger partial charge in [-0.25, -0.2) is 9.67 Å². The van der Waals surface area contributed by atoms with Gasteiger partial charge in [0.25, 0.3) is 0 Å². The Balaban J connectivity index is 0.00000280. The fraction of sp³-hybridized carbons (Fsp3) is 0.300. The summed E-state index contributed by atoms with van der Waals surface area (Å²) in [5, 5.41) is 23.5. The van der Waals surface area contributed by atoms with Crippen molar-refractivity contribution in [2.24, 2.45) is 4.99 Å². The van der Waals surface area contributed by atoms with Crippen LogP contribution >= 0.6 is 35.3 Å². The van der Waals surface area contributed by atoms with E-state index in [1.807, 2.05) is 71.8 Å². The van der Waals surface area contributed by atoms with E-state index in [0.717, 1.165) is 22.7 Å². The van der Waals surface area contributed by atoms with Crippen LogP contribution in [0.2, 0.25) is 0 Å². The van der Waals surface area contributed by atoms with Crippen LogP contribution in [0.4, 0.5) is 0 Å². The third-order valence-corrected chi connectivity index (χ3v) is 5.20. The smallest absolute Gasteiger partial charge is 0.191 e. The van der Waals surface area contributed by atoms with E-state index in [2.05, 4.69) is 20.7 Å². The molecule has 2 heterocycles. The molecule has 1 aromatic carbocycles. The van der Waals surface area contributed by atoms with E-state index in [1.165, 1.54) is 0 Å². The highest BCUT2D eigenvalue weighted by Crippen LogP contribution is 2.24. The molecule has 8 heteroatoms. The number of para-hydroxylation sites is 1. The molecular weight excluding hydrogens is 485 g/mol. The van der Waals surface area contributed by atoms with Crippen LogP contribution in [0.25, 0.3) is 5.69 Å². The normalized spacial score (nSPS) is 13.5. The van der Waals surface area contributed by atoms with Gasteiger partial charge in [-0.1, -0.05) is 24.3 Å². The molecule has 0 spiro atoms. The number of hydrogen-bond donors (Lipinski definition) is 3. The Morgan fingerprint density at radius 2 is 2.00 bits per heavy atom. The van der Waals surface area contributed by atoms with Gasteiger partial charge >= 0.3 is 0 Å². The van der Waals surface area contributed by atoms with E-state index in [-0.39, 0.29) is 24.0 Å². The van der Waals surface area contributed by atoms with Crippen molar-refractivity contribution in [3.05, 3.63) is 70.7 Å². The Bertz CT molecular complexity index is 862. The zero-order valence-electron chi connectivity index (χ0n) is 16.0. The molecule has 1 unspecified atom stereocenters. The number of thiophene rings is 1. The maximum Gasteiger partial charge on any atom is 0.191 e. The molecule has 0 aliphatic heterocycles. The first-order chi connectivity index (χ1) is 13.1. The molecule has 0 radical (unpaired) electrons. The van der Waals surface area contributed by atoms with Crippen LogP contribution in [-0.2, 0) is 12.1 Å². The molecular formula is C20H26IN5OS. The third kappa shape index (κ3) is 6.05. The number of halogens is 1. The fourth-order valence-electron chi connectivity index (χ4n) is 2.60. The molecule has 0 aliphatic rings. The van der Waals surface area contributed by atoms with Crippen LogP contribution < -0.4 is 10.6 Å². The van der Waals surface area contributed by atoms with E-state index in [9.17, 15) is 5.11 Å². The minimum Gasteiger partial charge on any atom is -0.383 e. The quantitative estimate of drug-likeness (QED) is 0.258. The van der Waals surface area contributed by atoms with Crippen LogP contribution in [0.1, 0.15) is 24.3 Å². The lowest BCUT2D eigenvalue weighted by Gasteiger charge is -2.23. The molecule has 0 saturated carbocycles. The molecule has 0 bridgehead atoms. The van der Waals surface area contributed by atoms with Gasteiger partial charge in [-0.2, -0.15) is 5.10 Å². The standard InChI is InChI=1S/C20H25N5OS.HI/c1-3-21-19(23-15-20(2,26)18-10-7-11-27-18)22-12-16-13-24-25(14-16)17-8-5-4-6-9-17;/h4-11,13-14,26H,3,12,15H2,1-2H3,(H2,21,22,23);1H. The number of guanidine groups is 1. The molecule has 0 aliphatic carbocycles. The van der Waals surface area contributed by atoms with Gasteiger partial charge < -0.3 is 15.7 Å². The van der Waals surface area contributed by atoms with Gasteiger partial charge in [-0.05, 0) is 37.4 Å². The zero-order chi connectivity index (χ0) is 19.1. The Kier molecular flexibility index (Phi) is 8.46. The molecule has 28 heavy (non-hydrogen) atoms. The summed E-state index contributed by atoms with van der Waals surface area (Å²) in [6, 6.07) is 13.9. The average molecular weight is 511 g/mol. The highest BCUT2D eigenvalue weighted by atomic mass is 127. The molecule has 0 saturated heterocycles. The third-order valence-electron chi connectivity index (χ3n) is 4.07. The topological polar surface area (TPSA) is 74.5 Å². The van der Waals surface area contributed by atoms with Gasteiger partial charge in [0.15, 0.2) is 5.96 Å². The fourth-order valence-corrected chi connectivity index (χ4v) is 3.39. The summed E-state index contributed by atoms with van der Waals surface area (Å²) in [4.78, 5) is 5.53. The summed E-state index contributed by atoms with van der Waals surface area (Å²) in [6.07, 6.45) is 3.80. The zero-order valence-corrected chi connectivity index (χ0v) is 19.1. The summed E-state index contributed by atoms with van der Waals surface area (Å²) >= 11 is 1.54. The summed E-state index contributed by atoms with van der Waals surface area (Å²) in [5.74, 6) is 0.668. The van der Waals surface area contributed by atoms with Crippen LogP contribution in [-0.4, -0.2) is 33.9 Å². The second-order valence-corrected chi connectivity index (χ2v) is 7.38. The first kappa shape index (κ1) is 22.4. The first-order valence-electron chi connectivity index (χ1n) is 8.96. The lowest BCUT2D eigenvalue weighted by Crippen LogP contribution is -2.44. The highest BCUT2D eigenvalue weighted by molar-refractivity contribution is 14.0. The number of hydrogen-bond acceptors (Lipinski definition) is 4. The number of aromatic nitrogens is 2. The van der Waals surface area contributed by atoms with Crippen molar-refractivity contribution in [3.8, 4) is 5.69 Å². The number of benzene rings is 1. The maximum atomic E-state index is 10.7. The predicted molar refractivity (Wildman–Crippen MR) is 126 cm³/mol. The van der Waals surface area contributed by atoms with Gasteiger partial charge in [0.1, 0.15) is 5.60 Å². The Morgan fingerprint density at radius 1 is 1.21 bits per heavy atom. The Labute approximate surface area is 186 Å². The molecule has 1 atom stereocenters. The number of nitrogens with zero attached hydrogens (tertiary/aromatic N) is 3. The van der Waals surface area contributed by atoms with Crippen molar-refractivity contribution in [1.29, 1.82) is 0 Å². The SMILES string of the molecule is CCNC(=NCc1cnn(-c2ccccc2)c1)NCC(C)(O)c1cccs1.I. The largest absolute Gasteiger partial charge is 0.383 e. The Hall–Kier alpha value is -1.91. The summed E-state index contributed by atoms with van der Waals surface area (Å²) in [6.45, 7) is 5.45. The van der Waals surface area contributed by atoms with E-state index < -0.39 is 5.60 Å². The molecule has 0 fully saturated rings. The molecule has 3 aromatic rings. The first-order valence-corrected chi connectivity index (χ1v) is 9.84. The molecule has 0 amide bonds. The molecule has 3 rings (SSSR count). The van der Waals surface area contributed by atoms with Crippen LogP contribution in [0, 0.1) is 0 Å². The lowest BCUT2D eigenvalue weighted by atomic mass is 10.1. The predicted octanol–water partition coefficient (Wildman–Crippen LogP) is 3.51. The summed E-state index contributed by atoms with van der Waals surface area (Å²) < 4.78 is 1.84. The van der Waals surface area contributed by atoms with Crippen molar-refractivity contribution >= 4 is 41.3 Å². The highest BCUT2D eigenvalue weighted by Gasteiger charge is 2.24. The molecule has 3 N–H and O–H groups in total. The van der Waals surface area contributed by atoms with Gasteiger partial charge in [0, 0.05) is 23.2 Å².